The number of nitrogens with zero attached hydrogens (tertiary/aromatic N) is 2. The molecule has 0 aliphatic carbocycles. The van der Waals surface area contributed by atoms with Gasteiger partial charge in [0.2, 0.25) is 0 Å². The summed E-state index contributed by atoms with van der Waals surface area (Å²) in [5.74, 6) is 0.965. The molecule has 1 heterocycles. The van der Waals surface area contributed by atoms with Crippen LogP contribution in [0.15, 0.2) is 0 Å². The molecule has 1 aliphatic heterocycles. The second-order valence-electron chi connectivity index (χ2n) is 6.15. The predicted octanol–water partition coefficient (Wildman–Crippen LogP) is 3.17. The van der Waals surface area contributed by atoms with Gasteiger partial charge in [-0.25, -0.2) is 0 Å². The molecular weight excluding hydrogens is 234 g/mol. The Bertz CT molecular complexity index is 276. The van der Waals surface area contributed by atoms with Gasteiger partial charge >= 0.3 is 0 Å². The van der Waals surface area contributed by atoms with Gasteiger partial charge in [0.25, 0.3) is 0 Å². The number of rotatable bonds is 8. The van der Waals surface area contributed by atoms with Crippen LogP contribution in [0.4, 0.5) is 0 Å². The summed E-state index contributed by atoms with van der Waals surface area (Å²) < 4.78 is 0. The molecule has 3 nitrogen and oxygen atoms in total. The molecule has 1 fully saturated rings. The van der Waals surface area contributed by atoms with Gasteiger partial charge in [-0.2, -0.15) is 5.26 Å². The lowest BCUT2D eigenvalue weighted by atomic mass is 9.92. The van der Waals surface area contributed by atoms with Crippen molar-refractivity contribution in [3.8, 4) is 6.07 Å². The molecule has 0 aromatic rings. The molecule has 0 amide bonds. The van der Waals surface area contributed by atoms with Crippen molar-refractivity contribution >= 4 is 0 Å². The van der Waals surface area contributed by atoms with Crippen molar-refractivity contribution in [3.63, 3.8) is 0 Å². The molecule has 0 spiro atoms. The fourth-order valence-electron chi connectivity index (χ4n) is 3.14. The maximum Gasteiger partial charge on any atom is 0.103 e. The van der Waals surface area contributed by atoms with Crippen LogP contribution >= 0.6 is 0 Å². The monoisotopic (exact) mass is 265 g/mol. The van der Waals surface area contributed by atoms with E-state index in [0.717, 1.165) is 31.8 Å². The number of hydrogen-bond donors (Lipinski definition) is 1. The first-order valence-electron chi connectivity index (χ1n) is 8.02. The van der Waals surface area contributed by atoms with Crippen molar-refractivity contribution in [1.29, 1.82) is 5.26 Å². The van der Waals surface area contributed by atoms with Crippen LogP contribution in [-0.4, -0.2) is 36.6 Å². The van der Waals surface area contributed by atoms with Crippen LogP contribution in [0.3, 0.4) is 0 Å². The minimum Gasteiger partial charge on any atom is -0.303 e. The average Bonchev–Trinajstić information content (AvgIpc) is 2.41. The van der Waals surface area contributed by atoms with E-state index in [-0.39, 0.29) is 5.54 Å². The Morgan fingerprint density at radius 2 is 2.00 bits per heavy atom. The van der Waals surface area contributed by atoms with Crippen LogP contribution in [-0.2, 0) is 0 Å². The summed E-state index contributed by atoms with van der Waals surface area (Å²) in [6, 6.07) is 2.41. The van der Waals surface area contributed by atoms with Crippen molar-refractivity contribution in [1.82, 2.24) is 10.2 Å². The lowest BCUT2D eigenvalue weighted by Crippen LogP contribution is -2.42. The van der Waals surface area contributed by atoms with Crippen LogP contribution in [0.2, 0.25) is 0 Å². The third-order valence-corrected chi connectivity index (χ3v) is 4.37. The highest BCUT2D eigenvalue weighted by Gasteiger charge is 2.23. The maximum atomic E-state index is 9.22. The number of nitrogens with one attached hydrogen (secondary N) is 1. The van der Waals surface area contributed by atoms with Gasteiger partial charge in [0.15, 0.2) is 0 Å². The van der Waals surface area contributed by atoms with E-state index in [4.69, 9.17) is 0 Å². The lowest BCUT2D eigenvalue weighted by molar-refractivity contribution is 0.173. The van der Waals surface area contributed by atoms with E-state index in [9.17, 15) is 5.26 Å². The first-order valence-corrected chi connectivity index (χ1v) is 8.02. The van der Waals surface area contributed by atoms with Gasteiger partial charge in [-0.05, 0) is 64.7 Å². The molecule has 3 heteroatoms. The number of nitriles is 1. The molecule has 0 aromatic heterocycles. The third kappa shape index (κ3) is 5.93. The molecule has 1 saturated heterocycles. The SMILES string of the molecule is CCCC1CCN(CCCC(C)(C#N)NCC)CC1. The van der Waals surface area contributed by atoms with Gasteiger partial charge in [0, 0.05) is 0 Å². The van der Waals surface area contributed by atoms with Crippen LogP contribution in [0, 0.1) is 17.2 Å². The van der Waals surface area contributed by atoms with E-state index in [2.05, 4.69) is 30.1 Å². The summed E-state index contributed by atoms with van der Waals surface area (Å²) in [7, 11) is 0. The zero-order valence-corrected chi connectivity index (χ0v) is 13.0. The minimum absolute atomic E-state index is 0.338. The minimum atomic E-state index is -0.338. The summed E-state index contributed by atoms with van der Waals surface area (Å²) in [5, 5.41) is 12.5. The Morgan fingerprint density at radius 1 is 1.32 bits per heavy atom. The number of hydrogen-bond acceptors (Lipinski definition) is 3. The second kappa shape index (κ2) is 8.55. The van der Waals surface area contributed by atoms with E-state index in [1.165, 1.54) is 38.8 Å². The van der Waals surface area contributed by atoms with Crippen molar-refractivity contribution in [2.24, 2.45) is 5.92 Å². The van der Waals surface area contributed by atoms with Crippen molar-refractivity contribution in [2.45, 2.75) is 64.8 Å². The van der Waals surface area contributed by atoms with E-state index < -0.39 is 0 Å². The van der Waals surface area contributed by atoms with E-state index in [0.29, 0.717) is 0 Å². The average molecular weight is 265 g/mol. The summed E-state index contributed by atoms with van der Waals surface area (Å²) in [4.78, 5) is 2.58. The molecular formula is C16H31N3. The summed E-state index contributed by atoms with van der Waals surface area (Å²) in [5.41, 5.74) is -0.338. The van der Waals surface area contributed by atoms with Gasteiger partial charge in [-0.1, -0.05) is 26.7 Å². The summed E-state index contributed by atoms with van der Waals surface area (Å²) in [6.07, 6.45) is 7.55. The standard InChI is InChI=1S/C16H31N3/c1-4-7-15-8-12-19(13-9-15)11-6-10-16(3,14-17)18-5-2/h15,18H,4-13H2,1-3H3. The quantitative estimate of drug-likeness (QED) is 0.732. The Labute approximate surface area is 119 Å². The van der Waals surface area contributed by atoms with E-state index in [1.807, 2.05) is 6.92 Å². The third-order valence-electron chi connectivity index (χ3n) is 4.37. The molecule has 1 N–H and O–H groups in total. The van der Waals surface area contributed by atoms with Crippen LogP contribution in [0.25, 0.3) is 0 Å². The van der Waals surface area contributed by atoms with Crippen LogP contribution < -0.4 is 5.32 Å². The van der Waals surface area contributed by atoms with Gasteiger partial charge in [-0.3, -0.25) is 5.32 Å². The lowest BCUT2D eigenvalue weighted by Gasteiger charge is -2.32. The smallest absolute Gasteiger partial charge is 0.103 e. The van der Waals surface area contributed by atoms with Crippen LogP contribution in [0.5, 0.6) is 0 Å². The largest absolute Gasteiger partial charge is 0.303 e. The number of piperidine rings is 1. The van der Waals surface area contributed by atoms with Gasteiger partial charge in [0.05, 0.1) is 6.07 Å². The molecule has 1 atom stereocenters. The Morgan fingerprint density at radius 3 is 2.53 bits per heavy atom. The van der Waals surface area contributed by atoms with E-state index in [1.54, 1.807) is 0 Å². The molecule has 0 aromatic carbocycles. The predicted molar refractivity (Wildman–Crippen MR) is 81.0 cm³/mol. The van der Waals surface area contributed by atoms with Gasteiger partial charge < -0.3 is 4.90 Å². The highest BCUT2D eigenvalue weighted by atomic mass is 15.1. The fraction of sp³-hybridized carbons (Fsp3) is 0.938. The normalized spacial score (nSPS) is 20.9. The zero-order valence-electron chi connectivity index (χ0n) is 13.0. The molecule has 1 rings (SSSR count). The molecule has 1 unspecified atom stereocenters. The van der Waals surface area contributed by atoms with Crippen LogP contribution in [0.1, 0.15) is 59.3 Å². The highest BCUT2D eigenvalue weighted by molar-refractivity contribution is 5.03. The molecule has 0 radical (unpaired) electrons. The first kappa shape index (κ1) is 16.5. The summed E-state index contributed by atoms with van der Waals surface area (Å²) in [6.45, 7) is 10.9. The Hall–Kier alpha value is -0.590. The zero-order chi connectivity index (χ0) is 14.1. The second-order valence-corrected chi connectivity index (χ2v) is 6.15. The number of likely N-dealkylation sites (tertiary alicyclic amines) is 1. The fourth-order valence-corrected chi connectivity index (χ4v) is 3.14. The molecule has 0 bridgehead atoms. The van der Waals surface area contributed by atoms with E-state index >= 15 is 0 Å². The topological polar surface area (TPSA) is 39.1 Å². The van der Waals surface area contributed by atoms with Crippen molar-refractivity contribution in [2.75, 3.05) is 26.2 Å². The molecule has 19 heavy (non-hydrogen) atoms. The summed E-state index contributed by atoms with van der Waals surface area (Å²) >= 11 is 0. The maximum absolute atomic E-state index is 9.22. The first-order chi connectivity index (χ1) is 9.13. The Kier molecular flexibility index (Phi) is 7.41. The van der Waals surface area contributed by atoms with Crippen molar-refractivity contribution < 1.29 is 0 Å². The van der Waals surface area contributed by atoms with Gasteiger partial charge in [0.1, 0.15) is 5.54 Å². The van der Waals surface area contributed by atoms with Gasteiger partial charge in [-0.15, -0.1) is 0 Å². The molecule has 0 saturated carbocycles. The Balaban J connectivity index is 2.19. The molecule has 110 valence electrons. The molecule has 1 aliphatic rings. The van der Waals surface area contributed by atoms with Crippen molar-refractivity contribution in [3.05, 3.63) is 0 Å². The highest BCUT2D eigenvalue weighted by Crippen LogP contribution is 2.22.